The van der Waals surface area contributed by atoms with Gasteiger partial charge in [0.15, 0.2) is 0 Å². The van der Waals surface area contributed by atoms with Crippen LogP contribution in [-0.2, 0) is 0 Å². The van der Waals surface area contributed by atoms with Gasteiger partial charge in [-0.1, -0.05) is 22.0 Å². The minimum Gasteiger partial charge on any atom is -0.275 e. The van der Waals surface area contributed by atoms with Gasteiger partial charge < -0.3 is 0 Å². The van der Waals surface area contributed by atoms with Crippen LogP contribution in [0.25, 0.3) is 16.6 Å². The molecule has 0 N–H and O–H groups in total. The minimum absolute atomic E-state index is 0.0540. The quantitative estimate of drug-likeness (QED) is 0.689. The number of pyridine rings is 2. The fourth-order valence-electron chi connectivity index (χ4n) is 2.17. The summed E-state index contributed by atoms with van der Waals surface area (Å²) in [4.78, 5) is 16.5. The van der Waals surface area contributed by atoms with Gasteiger partial charge in [-0.15, -0.1) is 0 Å². The Kier molecular flexibility index (Phi) is 2.95. The predicted octanol–water partition coefficient (Wildman–Crippen LogP) is 3.46. The molecule has 0 unspecified atom stereocenters. The maximum Gasteiger partial charge on any atom is 0.255 e. The molecule has 0 radical (unpaired) electrons. The Morgan fingerprint density at radius 1 is 1.16 bits per heavy atom. The fourth-order valence-corrected chi connectivity index (χ4v) is 2.52. The molecule has 0 aliphatic rings. The van der Waals surface area contributed by atoms with Crippen molar-refractivity contribution < 1.29 is 0 Å². The highest BCUT2D eigenvalue weighted by molar-refractivity contribution is 9.10. The Bertz CT molecular complexity index is 824. The first-order valence-electron chi connectivity index (χ1n) is 5.90. The van der Waals surface area contributed by atoms with Crippen molar-refractivity contribution in [1.82, 2.24) is 9.55 Å². The molecule has 0 atom stereocenters. The lowest BCUT2D eigenvalue weighted by molar-refractivity contribution is 0.998. The van der Waals surface area contributed by atoms with Crippen LogP contribution >= 0.6 is 15.9 Å². The van der Waals surface area contributed by atoms with Gasteiger partial charge in [0.2, 0.25) is 0 Å². The van der Waals surface area contributed by atoms with E-state index in [2.05, 4.69) is 20.9 Å². The molecule has 0 aliphatic heterocycles. The van der Waals surface area contributed by atoms with Crippen molar-refractivity contribution in [3.63, 3.8) is 0 Å². The molecule has 0 saturated heterocycles. The van der Waals surface area contributed by atoms with Crippen molar-refractivity contribution in [2.75, 3.05) is 0 Å². The molecule has 0 amide bonds. The third kappa shape index (κ3) is 2.08. The Labute approximate surface area is 118 Å². The number of fused-ring (bicyclic) bond motifs is 1. The lowest BCUT2D eigenvalue weighted by Gasteiger charge is -2.12. The lowest BCUT2D eigenvalue weighted by Crippen LogP contribution is -2.18. The van der Waals surface area contributed by atoms with Crippen molar-refractivity contribution in [3.8, 4) is 5.69 Å². The summed E-state index contributed by atoms with van der Waals surface area (Å²) in [7, 11) is 0. The molecular weight excluding hydrogens is 304 g/mol. The smallest absolute Gasteiger partial charge is 0.255 e. The highest BCUT2D eigenvalue weighted by Gasteiger charge is 2.08. The van der Waals surface area contributed by atoms with Gasteiger partial charge in [0.1, 0.15) is 0 Å². The van der Waals surface area contributed by atoms with E-state index in [0.29, 0.717) is 0 Å². The van der Waals surface area contributed by atoms with Gasteiger partial charge in [0, 0.05) is 16.7 Å². The highest BCUT2D eigenvalue weighted by Crippen LogP contribution is 2.21. The van der Waals surface area contributed by atoms with Gasteiger partial charge >= 0.3 is 0 Å². The van der Waals surface area contributed by atoms with E-state index in [9.17, 15) is 4.79 Å². The Morgan fingerprint density at radius 2 is 1.95 bits per heavy atom. The van der Waals surface area contributed by atoms with Gasteiger partial charge in [-0.25, -0.2) is 0 Å². The van der Waals surface area contributed by atoms with Gasteiger partial charge in [0.25, 0.3) is 5.56 Å². The van der Waals surface area contributed by atoms with E-state index in [4.69, 9.17) is 0 Å². The third-order valence-corrected chi connectivity index (χ3v) is 3.57. The minimum atomic E-state index is -0.0540. The number of hydrogen-bond donors (Lipinski definition) is 0. The number of benzene rings is 1. The van der Waals surface area contributed by atoms with E-state index in [1.165, 1.54) is 0 Å². The molecule has 19 heavy (non-hydrogen) atoms. The first kappa shape index (κ1) is 12.1. The normalized spacial score (nSPS) is 10.8. The Balaban J connectivity index is 2.46. The molecule has 3 aromatic rings. The molecule has 4 heteroatoms. The summed E-state index contributed by atoms with van der Waals surface area (Å²) in [5.41, 5.74) is 2.47. The van der Waals surface area contributed by atoms with Gasteiger partial charge in [0.05, 0.1) is 16.9 Å². The van der Waals surface area contributed by atoms with E-state index in [1.54, 1.807) is 16.8 Å². The summed E-state index contributed by atoms with van der Waals surface area (Å²) < 4.78 is 2.64. The monoisotopic (exact) mass is 314 g/mol. The average Bonchev–Trinajstić information content (AvgIpc) is 2.40. The zero-order chi connectivity index (χ0) is 13.4. The van der Waals surface area contributed by atoms with Crippen LogP contribution in [0.5, 0.6) is 0 Å². The zero-order valence-electron chi connectivity index (χ0n) is 10.3. The van der Waals surface area contributed by atoms with Gasteiger partial charge in [-0.05, 0) is 42.6 Å². The molecule has 3 rings (SSSR count). The second-order valence-electron chi connectivity index (χ2n) is 4.32. The number of hydrogen-bond acceptors (Lipinski definition) is 2. The second-order valence-corrected chi connectivity index (χ2v) is 5.23. The maximum atomic E-state index is 12.2. The van der Waals surface area contributed by atoms with Crippen LogP contribution in [0.2, 0.25) is 0 Å². The fraction of sp³-hybridized carbons (Fsp3) is 0.0667. The first-order chi connectivity index (χ1) is 9.16. The van der Waals surface area contributed by atoms with E-state index >= 15 is 0 Å². The average molecular weight is 315 g/mol. The molecule has 0 spiro atoms. The number of nitrogens with zero attached hydrogens (tertiary/aromatic N) is 2. The van der Waals surface area contributed by atoms with Gasteiger partial charge in [-0.3, -0.25) is 14.3 Å². The number of rotatable bonds is 1. The van der Waals surface area contributed by atoms with Crippen LogP contribution in [0.15, 0.2) is 57.9 Å². The SMILES string of the molecule is Cc1ncccc1-n1c(=O)ccc2ccc(Br)cc21. The highest BCUT2D eigenvalue weighted by atomic mass is 79.9. The van der Waals surface area contributed by atoms with Crippen LogP contribution in [0, 0.1) is 6.92 Å². The lowest BCUT2D eigenvalue weighted by atomic mass is 10.2. The second kappa shape index (κ2) is 4.63. The summed E-state index contributed by atoms with van der Waals surface area (Å²) in [5, 5.41) is 1.02. The number of halogens is 1. The Hall–Kier alpha value is -1.94. The van der Waals surface area contributed by atoms with Crippen LogP contribution in [-0.4, -0.2) is 9.55 Å². The summed E-state index contributed by atoms with van der Waals surface area (Å²) in [6.07, 6.45) is 1.73. The molecule has 0 bridgehead atoms. The molecule has 0 saturated carbocycles. The molecule has 0 fully saturated rings. The van der Waals surface area contributed by atoms with Crippen LogP contribution in [0.4, 0.5) is 0 Å². The van der Waals surface area contributed by atoms with E-state index in [0.717, 1.165) is 26.8 Å². The summed E-state index contributed by atoms with van der Waals surface area (Å²) in [6, 6.07) is 13.1. The van der Waals surface area contributed by atoms with Crippen molar-refractivity contribution in [2.45, 2.75) is 6.92 Å². The van der Waals surface area contributed by atoms with E-state index in [-0.39, 0.29) is 5.56 Å². The molecule has 94 valence electrons. The molecule has 0 aliphatic carbocycles. The van der Waals surface area contributed by atoms with E-state index in [1.807, 2.05) is 43.3 Å². The third-order valence-electron chi connectivity index (χ3n) is 3.08. The molecule has 3 nitrogen and oxygen atoms in total. The molecular formula is C15H11BrN2O. The van der Waals surface area contributed by atoms with E-state index < -0.39 is 0 Å². The maximum absolute atomic E-state index is 12.2. The number of aryl methyl sites for hydroxylation is 1. The molecule has 1 aromatic carbocycles. The van der Waals surface area contributed by atoms with Crippen molar-refractivity contribution >= 4 is 26.8 Å². The molecule has 2 heterocycles. The Morgan fingerprint density at radius 3 is 2.74 bits per heavy atom. The van der Waals surface area contributed by atoms with Crippen LogP contribution in [0.1, 0.15) is 5.69 Å². The largest absolute Gasteiger partial charge is 0.275 e. The van der Waals surface area contributed by atoms with Crippen LogP contribution < -0.4 is 5.56 Å². The van der Waals surface area contributed by atoms with Gasteiger partial charge in [-0.2, -0.15) is 0 Å². The topological polar surface area (TPSA) is 34.9 Å². The predicted molar refractivity (Wildman–Crippen MR) is 79.8 cm³/mol. The van der Waals surface area contributed by atoms with Crippen molar-refractivity contribution in [3.05, 3.63) is 69.2 Å². The standard InChI is InChI=1S/C15H11BrN2O/c1-10-13(3-2-8-17-10)18-14-9-12(16)6-4-11(14)5-7-15(18)19/h2-9H,1H3. The van der Waals surface area contributed by atoms with Crippen LogP contribution in [0.3, 0.4) is 0 Å². The molecule has 2 aromatic heterocycles. The first-order valence-corrected chi connectivity index (χ1v) is 6.69. The number of aromatic nitrogens is 2. The summed E-state index contributed by atoms with van der Waals surface area (Å²) in [5.74, 6) is 0. The zero-order valence-corrected chi connectivity index (χ0v) is 11.9. The van der Waals surface area contributed by atoms with Crippen molar-refractivity contribution in [2.24, 2.45) is 0 Å². The van der Waals surface area contributed by atoms with Crippen molar-refractivity contribution in [1.29, 1.82) is 0 Å². The summed E-state index contributed by atoms with van der Waals surface area (Å²) in [6.45, 7) is 1.90. The summed E-state index contributed by atoms with van der Waals surface area (Å²) >= 11 is 3.45.